The number of hydrogen-bond acceptors (Lipinski definition) is 7. The summed E-state index contributed by atoms with van der Waals surface area (Å²) in [5, 5.41) is 10.8. The number of hydrogen-bond donors (Lipinski definition) is 1. The van der Waals surface area contributed by atoms with Crippen molar-refractivity contribution < 1.29 is 14.3 Å². The number of nitrogens with zero attached hydrogens (tertiary/aromatic N) is 5. The number of nitrogens with one attached hydrogen (secondary N) is 1. The third-order valence-corrected chi connectivity index (χ3v) is 3.93. The number of ether oxygens (including phenoxy) is 2. The zero-order valence-corrected chi connectivity index (χ0v) is 14.5. The quantitative estimate of drug-likeness (QED) is 0.833. The molecule has 0 radical (unpaired) electrons. The second kappa shape index (κ2) is 7.58. The molecule has 134 valence electrons. The first-order valence-corrected chi connectivity index (χ1v) is 8.14. The van der Waals surface area contributed by atoms with Crippen LogP contribution in [0, 0.1) is 0 Å². The first-order valence-electron chi connectivity index (χ1n) is 8.14. The molecule has 1 N–H and O–H groups in total. The van der Waals surface area contributed by atoms with Gasteiger partial charge in [-0.1, -0.05) is 5.21 Å². The summed E-state index contributed by atoms with van der Waals surface area (Å²) < 4.78 is 12.7. The topological polar surface area (TPSA) is 94.4 Å². The maximum absolute atomic E-state index is 12.3. The van der Waals surface area contributed by atoms with Crippen LogP contribution < -0.4 is 10.2 Å². The molecule has 1 aliphatic heterocycles. The number of pyridine rings is 1. The van der Waals surface area contributed by atoms with Crippen molar-refractivity contribution in [2.75, 3.05) is 44.1 Å². The maximum Gasteiger partial charge on any atom is 0.277 e. The number of anilines is 2. The lowest BCUT2D eigenvalue weighted by atomic mass is 10.2. The highest BCUT2D eigenvalue weighted by atomic mass is 16.5. The summed E-state index contributed by atoms with van der Waals surface area (Å²) in [5.41, 5.74) is 0.834. The summed E-state index contributed by atoms with van der Waals surface area (Å²) >= 11 is 0. The number of carbonyl (C=O) groups excluding carboxylic acids is 1. The number of rotatable bonds is 6. The van der Waals surface area contributed by atoms with E-state index in [1.54, 1.807) is 23.1 Å². The lowest BCUT2D eigenvalue weighted by molar-refractivity contribution is 0.0340. The zero-order valence-electron chi connectivity index (χ0n) is 14.5. The standard InChI is InChI=1S/C16H22N6O3/c1-4-25-14-10-24-9-13(14)22-8-12(19-20-22)16(23)18-11-5-6-15(17-7-11)21(2)3/h5-8,13-14H,4,9-10H2,1-3H3,(H,18,23)/t13-,14-/m1/s1. The molecule has 0 saturated carbocycles. The number of aromatic nitrogens is 4. The highest BCUT2D eigenvalue weighted by Gasteiger charge is 2.31. The fraction of sp³-hybridized carbons (Fsp3) is 0.500. The van der Waals surface area contributed by atoms with E-state index in [0.29, 0.717) is 25.5 Å². The van der Waals surface area contributed by atoms with Crippen LogP contribution in [0.1, 0.15) is 23.5 Å². The van der Waals surface area contributed by atoms with Crippen molar-refractivity contribution in [3.05, 3.63) is 30.2 Å². The van der Waals surface area contributed by atoms with E-state index in [0.717, 1.165) is 5.82 Å². The molecule has 3 rings (SSSR count). The first-order chi connectivity index (χ1) is 12.1. The zero-order chi connectivity index (χ0) is 17.8. The van der Waals surface area contributed by atoms with Crippen molar-refractivity contribution in [2.24, 2.45) is 0 Å². The maximum atomic E-state index is 12.3. The predicted molar refractivity (Wildman–Crippen MR) is 91.8 cm³/mol. The van der Waals surface area contributed by atoms with Gasteiger partial charge in [-0.25, -0.2) is 9.67 Å². The van der Waals surface area contributed by atoms with Gasteiger partial charge < -0.3 is 19.7 Å². The molecule has 2 aromatic heterocycles. The molecule has 2 atom stereocenters. The molecule has 0 spiro atoms. The summed E-state index contributed by atoms with van der Waals surface area (Å²) in [4.78, 5) is 18.5. The van der Waals surface area contributed by atoms with Crippen LogP contribution in [-0.4, -0.2) is 65.9 Å². The molecule has 1 saturated heterocycles. The minimum atomic E-state index is -0.336. The van der Waals surface area contributed by atoms with Crippen LogP contribution in [0.25, 0.3) is 0 Å². The van der Waals surface area contributed by atoms with Gasteiger partial charge in [0.25, 0.3) is 5.91 Å². The highest BCUT2D eigenvalue weighted by molar-refractivity contribution is 6.02. The Morgan fingerprint density at radius 2 is 2.28 bits per heavy atom. The van der Waals surface area contributed by atoms with Crippen molar-refractivity contribution in [3.63, 3.8) is 0 Å². The van der Waals surface area contributed by atoms with Gasteiger partial charge >= 0.3 is 0 Å². The molecular weight excluding hydrogens is 324 g/mol. The SMILES string of the molecule is CCO[C@@H]1COC[C@H]1n1cc(C(=O)Nc2ccc(N(C)C)nc2)nn1. The Kier molecular flexibility index (Phi) is 5.25. The van der Waals surface area contributed by atoms with Crippen LogP contribution in [0.15, 0.2) is 24.5 Å². The lowest BCUT2D eigenvalue weighted by Gasteiger charge is -2.16. The van der Waals surface area contributed by atoms with Gasteiger partial charge in [-0.2, -0.15) is 0 Å². The second-order valence-corrected chi connectivity index (χ2v) is 5.94. The molecule has 25 heavy (non-hydrogen) atoms. The molecule has 1 amide bonds. The first kappa shape index (κ1) is 17.3. The second-order valence-electron chi connectivity index (χ2n) is 5.94. The lowest BCUT2D eigenvalue weighted by Crippen LogP contribution is -2.26. The Labute approximate surface area is 145 Å². The summed E-state index contributed by atoms with van der Waals surface area (Å²) in [6, 6.07) is 3.55. The highest BCUT2D eigenvalue weighted by Crippen LogP contribution is 2.22. The Balaban J connectivity index is 1.66. The van der Waals surface area contributed by atoms with E-state index < -0.39 is 0 Å². The Morgan fingerprint density at radius 3 is 2.96 bits per heavy atom. The van der Waals surface area contributed by atoms with Crippen LogP contribution in [0.5, 0.6) is 0 Å². The smallest absolute Gasteiger partial charge is 0.277 e. The molecule has 9 nitrogen and oxygen atoms in total. The molecule has 9 heteroatoms. The van der Waals surface area contributed by atoms with Gasteiger partial charge in [0.15, 0.2) is 5.69 Å². The minimum Gasteiger partial charge on any atom is -0.376 e. The summed E-state index contributed by atoms with van der Waals surface area (Å²) in [6.45, 7) is 3.54. The summed E-state index contributed by atoms with van der Waals surface area (Å²) in [7, 11) is 3.81. The van der Waals surface area contributed by atoms with Crippen molar-refractivity contribution in [1.82, 2.24) is 20.0 Å². The molecule has 1 fully saturated rings. The van der Waals surface area contributed by atoms with E-state index in [-0.39, 0.29) is 23.7 Å². The summed E-state index contributed by atoms with van der Waals surface area (Å²) in [5.74, 6) is 0.477. The van der Waals surface area contributed by atoms with Gasteiger partial charge in [0.1, 0.15) is 18.0 Å². The van der Waals surface area contributed by atoms with E-state index in [4.69, 9.17) is 9.47 Å². The fourth-order valence-electron chi connectivity index (χ4n) is 2.61. The predicted octanol–water partition coefficient (Wildman–Crippen LogP) is 0.968. The minimum absolute atomic E-state index is 0.0740. The van der Waals surface area contributed by atoms with E-state index >= 15 is 0 Å². The van der Waals surface area contributed by atoms with Gasteiger partial charge in [0, 0.05) is 20.7 Å². The number of amides is 1. The molecule has 3 heterocycles. The van der Waals surface area contributed by atoms with Gasteiger partial charge in [0.2, 0.25) is 0 Å². The van der Waals surface area contributed by atoms with Crippen LogP contribution in [0.3, 0.4) is 0 Å². The average Bonchev–Trinajstić information content (AvgIpc) is 3.24. The van der Waals surface area contributed by atoms with Crippen LogP contribution in [0.4, 0.5) is 11.5 Å². The molecular formula is C16H22N6O3. The largest absolute Gasteiger partial charge is 0.376 e. The molecule has 1 aliphatic rings. The Morgan fingerprint density at radius 1 is 1.44 bits per heavy atom. The van der Waals surface area contributed by atoms with Gasteiger partial charge in [-0.3, -0.25) is 4.79 Å². The molecule has 0 aromatic carbocycles. The molecule has 0 aliphatic carbocycles. The number of carbonyl (C=O) groups is 1. The van der Waals surface area contributed by atoms with E-state index in [1.165, 1.54) is 0 Å². The molecule has 2 aromatic rings. The third-order valence-electron chi connectivity index (χ3n) is 3.93. The van der Waals surface area contributed by atoms with Crippen molar-refractivity contribution in [2.45, 2.75) is 19.1 Å². The Bertz CT molecular complexity index is 715. The van der Waals surface area contributed by atoms with E-state index in [2.05, 4.69) is 20.6 Å². The van der Waals surface area contributed by atoms with Gasteiger partial charge in [-0.15, -0.1) is 5.10 Å². The van der Waals surface area contributed by atoms with Gasteiger partial charge in [-0.05, 0) is 19.1 Å². The monoisotopic (exact) mass is 346 g/mol. The van der Waals surface area contributed by atoms with Crippen LogP contribution in [0.2, 0.25) is 0 Å². The van der Waals surface area contributed by atoms with Crippen LogP contribution >= 0.6 is 0 Å². The van der Waals surface area contributed by atoms with Crippen molar-refractivity contribution in [1.29, 1.82) is 0 Å². The van der Waals surface area contributed by atoms with E-state index in [9.17, 15) is 4.79 Å². The van der Waals surface area contributed by atoms with Crippen LogP contribution in [-0.2, 0) is 9.47 Å². The average molecular weight is 346 g/mol. The molecule has 0 bridgehead atoms. The van der Waals surface area contributed by atoms with E-state index in [1.807, 2.05) is 32.0 Å². The molecule has 0 unspecified atom stereocenters. The normalized spacial score (nSPS) is 19.8. The van der Waals surface area contributed by atoms with Gasteiger partial charge in [0.05, 0.1) is 31.3 Å². The third kappa shape index (κ3) is 3.94. The van der Waals surface area contributed by atoms with Crippen molar-refractivity contribution in [3.8, 4) is 0 Å². The summed E-state index contributed by atoms with van der Waals surface area (Å²) in [6.07, 6.45) is 3.14. The fourth-order valence-corrected chi connectivity index (χ4v) is 2.61. The Hall–Kier alpha value is -2.52. The van der Waals surface area contributed by atoms with Crippen molar-refractivity contribution >= 4 is 17.4 Å².